The third-order valence-electron chi connectivity index (χ3n) is 10.7. The quantitative estimate of drug-likeness (QED) is 0.161. The van der Waals surface area contributed by atoms with E-state index in [-0.39, 0.29) is 0 Å². The second kappa shape index (κ2) is 13.7. The average Bonchev–Trinajstić information content (AvgIpc) is 3.57. The van der Waals surface area contributed by atoms with Gasteiger partial charge in [0, 0.05) is 5.92 Å². The van der Waals surface area contributed by atoms with Crippen molar-refractivity contribution in [1.82, 2.24) is 0 Å². The molecule has 0 heterocycles. The van der Waals surface area contributed by atoms with Crippen LogP contribution >= 0.6 is 0 Å². The molecule has 0 amide bonds. The molecule has 2 aliphatic rings. The van der Waals surface area contributed by atoms with Crippen LogP contribution < -0.4 is 0 Å². The Morgan fingerprint density at radius 3 is 1.85 bits per heavy atom. The molecule has 0 nitrogen and oxygen atoms in total. The molecule has 0 radical (unpaired) electrons. The van der Waals surface area contributed by atoms with Crippen molar-refractivity contribution >= 4 is 17.2 Å². The van der Waals surface area contributed by atoms with Crippen molar-refractivity contribution in [2.45, 2.75) is 65.7 Å². The highest BCUT2D eigenvalue weighted by Crippen LogP contribution is 2.44. The highest BCUT2D eigenvalue weighted by molar-refractivity contribution is 5.93. The van der Waals surface area contributed by atoms with Gasteiger partial charge in [-0.25, -0.2) is 0 Å². The number of aryl methyl sites for hydroxylation is 1. The summed E-state index contributed by atoms with van der Waals surface area (Å²) in [5.41, 5.74) is 21.2. The largest absolute Gasteiger partial charge is 0.0984 e. The van der Waals surface area contributed by atoms with Crippen molar-refractivity contribution in [1.29, 1.82) is 0 Å². The Kier molecular flexibility index (Phi) is 9.00. The Bertz CT molecular complexity index is 2060. The number of allylic oxidation sites excluding steroid dienone is 6. The summed E-state index contributed by atoms with van der Waals surface area (Å²) in [4.78, 5) is 0. The van der Waals surface area contributed by atoms with Crippen molar-refractivity contribution in [2.24, 2.45) is 0 Å². The number of rotatable bonds is 8. The summed E-state index contributed by atoms with van der Waals surface area (Å²) in [7, 11) is 0. The summed E-state index contributed by atoms with van der Waals surface area (Å²) < 4.78 is 0. The minimum Gasteiger partial charge on any atom is -0.0984 e. The van der Waals surface area contributed by atoms with Crippen molar-refractivity contribution in [3.05, 3.63) is 172 Å². The van der Waals surface area contributed by atoms with Gasteiger partial charge in [-0.1, -0.05) is 140 Å². The molecule has 0 spiro atoms. The molecule has 238 valence electrons. The topological polar surface area (TPSA) is 0 Å². The molecule has 0 aromatic heterocycles. The maximum atomic E-state index is 4.32. The highest BCUT2D eigenvalue weighted by atomic mass is 14.3. The fourth-order valence-corrected chi connectivity index (χ4v) is 7.81. The van der Waals surface area contributed by atoms with Crippen molar-refractivity contribution in [3.63, 3.8) is 0 Å². The van der Waals surface area contributed by atoms with Crippen molar-refractivity contribution in [2.75, 3.05) is 0 Å². The molecule has 0 aliphatic heterocycles. The molecular weight excluding hydrogens is 577 g/mol. The van der Waals surface area contributed by atoms with Gasteiger partial charge in [-0.15, -0.1) is 0 Å². The van der Waals surface area contributed by atoms with E-state index in [1.807, 2.05) is 0 Å². The third-order valence-corrected chi connectivity index (χ3v) is 10.7. The minimum atomic E-state index is 0.336. The van der Waals surface area contributed by atoms with E-state index in [4.69, 9.17) is 0 Å². The van der Waals surface area contributed by atoms with Crippen LogP contribution in [0.25, 0.3) is 50.6 Å². The van der Waals surface area contributed by atoms with Crippen LogP contribution in [0.2, 0.25) is 0 Å². The molecule has 0 saturated heterocycles. The smallest absolute Gasteiger partial charge is 0.00610 e. The molecule has 0 fully saturated rings. The van der Waals surface area contributed by atoms with Gasteiger partial charge in [0.15, 0.2) is 0 Å². The van der Waals surface area contributed by atoms with E-state index >= 15 is 0 Å². The molecule has 1 atom stereocenters. The summed E-state index contributed by atoms with van der Waals surface area (Å²) >= 11 is 0. The van der Waals surface area contributed by atoms with Crippen LogP contribution in [0.1, 0.15) is 90.8 Å². The van der Waals surface area contributed by atoms with Crippen LogP contribution in [0.4, 0.5) is 0 Å². The Morgan fingerprint density at radius 1 is 0.646 bits per heavy atom. The lowest BCUT2D eigenvalue weighted by Gasteiger charge is -2.22. The first-order valence-corrected chi connectivity index (χ1v) is 17.7. The summed E-state index contributed by atoms with van der Waals surface area (Å²) in [5.74, 6) is 0.336. The fraction of sp³-hybridized carbons (Fsp3) is 0.208. The molecule has 0 bridgehead atoms. The molecule has 1 unspecified atom stereocenters. The van der Waals surface area contributed by atoms with E-state index in [9.17, 15) is 0 Å². The lowest BCUT2D eigenvalue weighted by atomic mass is 9.82. The number of benzene rings is 5. The first-order valence-electron chi connectivity index (χ1n) is 17.7. The molecule has 5 aromatic rings. The third kappa shape index (κ3) is 6.09. The van der Waals surface area contributed by atoms with Crippen LogP contribution in [0.15, 0.2) is 134 Å². The summed E-state index contributed by atoms with van der Waals surface area (Å²) in [6, 6.07) is 38.7. The van der Waals surface area contributed by atoms with E-state index in [0.29, 0.717) is 5.92 Å². The average molecular weight is 623 g/mol. The SMILES string of the molecule is C=Cc1c(C2=C(C)CCC2)cc(-c2ccc(-c3ccc(C(C)c4ccc(C5=CCCC=C5)cc4)cc3)cc2)c(C)c1-c1ccccc1C. The second-order valence-electron chi connectivity index (χ2n) is 13.7. The van der Waals surface area contributed by atoms with Crippen molar-refractivity contribution < 1.29 is 0 Å². The zero-order valence-electron chi connectivity index (χ0n) is 28.9. The zero-order valence-corrected chi connectivity index (χ0v) is 28.9. The van der Waals surface area contributed by atoms with Gasteiger partial charge in [-0.05, 0) is 142 Å². The maximum Gasteiger partial charge on any atom is 0.00610 e. The lowest BCUT2D eigenvalue weighted by Crippen LogP contribution is -2.00. The van der Waals surface area contributed by atoms with Crippen molar-refractivity contribution in [3.8, 4) is 33.4 Å². The van der Waals surface area contributed by atoms with Gasteiger partial charge >= 0.3 is 0 Å². The number of hydrogen-bond donors (Lipinski definition) is 0. The normalized spacial score (nSPS) is 15.0. The predicted molar refractivity (Wildman–Crippen MR) is 209 cm³/mol. The first-order chi connectivity index (χ1) is 23.4. The summed E-state index contributed by atoms with van der Waals surface area (Å²) in [6.45, 7) is 13.4. The van der Waals surface area contributed by atoms with Crippen LogP contribution in [-0.4, -0.2) is 0 Å². The predicted octanol–water partition coefficient (Wildman–Crippen LogP) is 13.8. The van der Waals surface area contributed by atoms with Gasteiger partial charge in [0.2, 0.25) is 0 Å². The van der Waals surface area contributed by atoms with Gasteiger partial charge in [-0.3, -0.25) is 0 Å². The molecule has 0 N–H and O–H groups in total. The van der Waals surface area contributed by atoms with Crippen LogP contribution in [0.3, 0.4) is 0 Å². The Morgan fingerprint density at radius 2 is 1.27 bits per heavy atom. The highest BCUT2D eigenvalue weighted by Gasteiger charge is 2.22. The van der Waals surface area contributed by atoms with Gasteiger partial charge in [0.1, 0.15) is 0 Å². The molecule has 0 heteroatoms. The molecule has 48 heavy (non-hydrogen) atoms. The van der Waals surface area contributed by atoms with Gasteiger partial charge in [0.05, 0.1) is 0 Å². The second-order valence-corrected chi connectivity index (χ2v) is 13.7. The van der Waals surface area contributed by atoms with Crippen LogP contribution in [-0.2, 0) is 0 Å². The van der Waals surface area contributed by atoms with Crippen LogP contribution in [0.5, 0.6) is 0 Å². The van der Waals surface area contributed by atoms with E-state index < -0.39 is 0 Å². The van der Waals surface area contributed by atoms with E-state index in [2.05, 4.69) is 162 Å². The monoisotopic (exact) mass is 622 g/mol. The summed E-state index contributed by atoms with van der Waals surface area (Å²) in [6.07, 6.45) is 14.8. The maximum absolute atomic E-state index is 4.32. The first kappa shape index (κ1) is 31.6. The van der Waals surface area contributed by atoms with Gasteiger partial charge in [0.25, 0.3) is 0 Å². The van der Waals surface area contributed by atoms with E-state index in [1.54, 1.807) is 0 Å². The van der Waals surface area contributed by atoms with Crippen LogP contribution in [0, 0.1) is 13.8 Å². The fourth-order valence-electron chi connectivity index (χ4n) is 7.81. The summed E-state index contributed by atoms with van der Waals surface area (Å²) in [5, 5.41) is 0. The Hall–Kier alpha value is -4.94. The molecule has 7 rings (SSSR count). The van der Waals surface area contributed by atoms with Gasteiger partial charge < -0.3 is 0 Å². The standard InChI is InChI=1S/C48H46/c1-6-43-47(44-18-12-14-32(44)2)31-46(35(5)48(43)45-17-11-10-13-33(45)3)42-29-27-41(28-30-42)40-25-21-37(22-26-40)34(4)36-19-23-39(24-20-36)38-15-8-7-9-16-38/h6,8,10-11,13,15-17,19-31,34H,1,7,9,12,14,18H2,2-5H3. The molecular formula is C48H46. The van der Waals surface area contributed by atoms with E-state index in [0.717, 1.165) is 19.3 Å². The van der Waals surface area contributed by atoms with Gasteiger partial charge in [-0.2, -0.15) is 0 Å². The Balaban J connectivity index is 1.19. The number of hydrogen-bond acceptors (Lipinski definition) is 0. The van der Waals surface area contributed by atoms with E-state index in [1.165, 1.54) is 102 Å². The zero-order chi connectivity index (χ0) is 33.2. The Labute approximate surface area is 287 Å². The lowest BCUT2D eigenvalue weighted by molar-refractivity contribution is 0.910. The molecule has 0 saturated carbocycles. The molecule has 5 aromatic carbocycles. The molecule has 2 aliphatic carbocycles. The minimum absolute atomic E-state index is 0.336.